The molecule has 7 atom stereocenters. The van der Waals surface area contributed by atoms with E-state index < -0.39 is 67.2 Å². The van der Waals surface area contributed by atoms with Crippen molar-refractivity contribution in [3.63, 3.8) is 0 Å². The van der Waals surface area contributed by atoms with Crippen LogP contribution in [-0.2, 0) is 42.9 Å². The number of methoxy groups -OCH3 is 1. The first-order valence-corrected chi connectivity index (χ1v) is 17.1. The predicted molar refractivity (Wildman–Crippen MR) is 185 cm³/mol. The molecule has 1 aromatic carbocycles. The van der Waals surface area contributed by atoms with Gasteiger partial charge in [0.25, 0.3) is 0 Å². The Morgan fingerprint density at radius 2 is 1.34 bits per heavy atom. The topological polar surface area (TPSA) is 188 Å². The number of esters is 2. The molecular weight excluding hydrogens is 650 g/mol. The van der Waals surface area contributed by atoms with E-state index in [0.717, 1.165) is 25.7 Å². The number of amides is 3. The maximum absolute atomic E-state index is 13.8. The Kier molecular flexibility index (Phi) is 19.4. The van der Waals surface area contributed by atoms with Crippen molar-refractivity contribution >= 4 is 35.5 Å². The number of carbonyl (C=O) groups excluding carboxylic acids is 5. The summed E-state index contributed by atoms with van der Waals surface area (Å²) in [6.45, 7) is 11.5. The van der Waals surface area contributed by atoms with Gasteiger partial charge in [-0.3, -0.25) is 24.5 Å². The second-order valence-electron chi connectivity index (χ2n) is 11.9. The summed E-state index contributed by atoms with van der Waals surface area (Å²) in [6.07, 6.45) is -2.38. The number of ether oxygens (including phenoxy) is 5. The highest BCUT2D eigenvalue weighted by atomic mass is 16.7. The molecule has 50 heavy (non-hydrogen) atoms. The predicted octanol–water partition coefficient (Wildman–Crippen LogP) is 3.79. The largest absolute Gasteiger partial charge is 0.454 e. The van der Waals surface area contributed by atoms with Crippen LogP contribution in [0.5, 0.6) is 0 Å². The molecule has 0 saturated carbocycles. The van der Waals surface area contributed by atoms with Crippen LogP contribution in [0.2, 0.25) is 0 Å². The summed E-state index contributed by atoms with van der Waals surface area (Å²) >= 11 is 0. The van der Waals surface area contributed by atoms with Gasteiger partial charge in [-0.2, -0.15) is 0 Å². The lowest BCUT2D eigenvalue weighted by Crippen LogP contribution is -2.63. The van der Waals surface area contributed by atoms with E-state index in [0.29, 0.717) is 18.8 Å². The van der Waals surface area contributed by atoms with E-state index in [2.05, 4.69) is 29.1 Å². The van der Waals surface area contributed by atoms with Gasteiger partial charge in [0.1, 0.15) is 6.10 Å². The zero-order valence-electron chi connectivity index (χ0n) is 29.3. The Bertz CT molecular complexity index is 1240. The summed E-state index contributed by atoms with van der Waals surface area (Å²) in [6, 6.07) is 8.39. The number of aliphatic hydroxyl groups excluding tert-OH is 1. The molecule has 0 aromatic heterocycles. The molecule has 1 aromatic rings. The molecule has 1 aliphatic rings. The van der Waals surface area contributed by atoms with Gasteiger partial charge in [-0.05, 0) is 37.8 Å². The van der Waals surface area contributed by atoms with E-state index in [1.807, 2.05) is 13.8 Å². The quantitative estimate of drug-likeness (QED) is 0.0596. The first kappa shape index (κ1) is 41.9. The minimum absolute atomic E-state index is 0.0689. The van der Waals surface area contributed by atoms with Crippen molar-refractivity contribution in [2.45, 2.75) is 95.9 Å². The molecule has 1 fully saturated rings. The van der Waals surface area contributed by atoms with Crippen LogP contribution < -0.4 is 16.0 Å². The third-order valence-electron chi connectivity index (χ3n) is 7.91. The van der Waals surface area contributed by atoms with Crippen molar-refractivity contribution in [3.05, 3.63) is 55.6 Å². The van der Waals surface area contributed by atoms with Crippen molar-refractivity contribution in [3.8, 4) is 0 Å². The van der Waals surface area contributed by atoms with E-state index in [1.165, 1.54) is 19.3 Å². The minimum Gasteiger partial charge on any atom is -0.454 e. The van der Waals surface area contributed by atoms with E-state index in [4.69, 9.17) is 23.7 Å². The van der Waals surface area contributed by atoms with Crippen molar-refractivity contribution in [2.75, 3.05) is 32.1 Å². The van der Waals surface area contributed by atoms with Crippen LogP contribution in [0.15, 0.2) is 55.6 Å². The number of rotatable bonds is 22. The Morgan fingerprint density at radius 3 is 1.80 bits per heavy atom. The fourth-order valence-corrected chi connectivity index (χ4v) is 5.20. The van der Waals surface area contributed by atoms with Crippen LogP contribution in [-0.4, -0.2) is 92.5 Å². The van der Waals surface area contributed by atoms with Crippen LogP contribution in [0.1, 0.15) is 65.2 Å². The molecule has 3 amide bonds. The maximum Gasteiger partial charge on any atom is 0.412 e. The van der Waals surface area contributed by atoms with Gasteiger partial charge >= 0.3 is 18.0 Å². The number of benzene rings is 1. The maximum atomic E-state index is 13.8. The molecule has 1 aliphatic heterocycles. The van der Waals surface area contributed by atoms with E-state index in [1.54, 1.807) is 30.3 Å². The van der Waals surface area contributed by atoms with Gasteiger partial charge in [0.2, 0.25) is 11.8 Å². The highest BCUT2D eigenvalue weighted by Gasteiger charge is 2.53. The number of hydrogen-bond donors (Lipinski definition) is 4. The average Bonchev–Trinajstić information content (AvgIpc) is 3.09. The Hall–Kier alpha value is -4.27. The van der Waals surface area contributed by atoms with Gasteiger partial charge in [-0.25, -0.2) is 4.79 Å². The van der Waals surface area contributed by atoms with Crippen LogP contribution in [0.3, 0.4) is 0 Å². The average molecular weight is 704 g/mol. The SMILES string of the molecule is C=CC[C@H](CC(=O)NCCCC)C(=O)O[C@@H]1[C@H](OC(=O)[C@@H](CC=C)CC(=O)NCCCC)[C@@H](OC)O[C@H](CO)[C@H]1OC(=O)Nc1ccccc1. The van der Waals surface area contributed by atoms with Gasteiger partial charge < -0.3 is 39.4 Å². The number of hydrogen-bond acceptors (Lipinski definition) is 11. The number of anilines is 1. The number of carbonyl (C=O) groups is 5. The number of unbranched alkanes of at least 4 members (excludes halogenated alkanes) is 2. The third kappa shape index (κ3) is 13.9. The Morgan fingerprint density at radius 1 is 0.820 bits per heavy atom. The monoisotopic (exact) mass is 703 g/mol. The number of allylic oxidation sites excluding steroid dienone is 2. The summed E-state index contributed by atoms with van der Waals surface area (Å²) in [4.78, 5) is 65.8. The Labute approximate surface area is 294 Å². The molecule has 2 rings (SSSR count). The van der Waals surface area contributed by atoms with Gasteiger partial charge in [0.05, 0.1) is 18.4 Å². The highest BCUT2D eigenvalue weighted by molar-refractivity contribution is 5.85. The van der Waals surface area contributed by atoms with Crippen LogP contribution in [0.4, 0.5) is 10.5 Å². The van der Waals surface area contributed by atoms with E-state index >= 15 is 0 Å². The Balaban J connectivity index is 2.46. The lowest BCUT2D eigenvalue weighted by Gasteiger charge is -2.44. The molecule has 1 heterocycles. The highest BCUT2D eigenvalue weighted by Crippen LogP contribution is 2.31. The fraction of sp³-hybridized carbons (Fsp3) is 0.583. The van der Waals surface area contributed by atoms with Gasteiger partial charge in [0.15, 0.2) is 24.6 Å². The van der Waals surface area contributed by atoms with Gasteiger partial charge in [-0.1, -0.05) is 57.0 Å². The second kappa shape index (κ2) is 23.2. The molecule has 0 spiro atoms. The summed E-state index contributed by atoms with van der Waals surface area (Å²) in [5, 5.41) is 18.4. The number of para-hydroxylation sites is 1. The third-order valence-corrected chi connectivity index (χ3v) is 7.91. The summed E-state index contributed by atoms with van der Waals surface area (Å²) in [5.74, 6) is -4.43. The molecule has 0 unspecified atom stereocenters. The summed E-state index contributed by atoms with van der Waals surface area (Å²) < 4.78 is 28.8. The number of nitrogens with one attached hydrogen (secondary N) is 3. The first-order valence-electron chi connectivity index (χ1n) is 17.1. The minimum atomic E-state index is -1.58. The zero-order chi connectivity index (χ0) is 36.9. The zero-order valence-corrected chi connectivity index (χ0v) is 29.3. The molecule has 0 bridgehead atoms. The molecule has 0 radical (unpaired) electrons. The van der Waals surface area contributed by atoms with Crippen LogP contribution >= 0.6 is 0 Å². The molecular formula is C36H53N3O11. The van der Waals surface area contributed by atoms with Crippen molar-refractivity contribution in [1.82, 2.24) is 10.6 Å². The van der Waals surface area contributed by atoms with E-state index in [-0.39, 0.29) is 37.5 Å². The molecule has 4 N–H and O–H groups in total. The van der Waals surface area contributed by atoms with Crippen molar-refractivity contribution in [2.24, 2.45) is 11.8 Å². The summed E-state index contributed by atoms with van der Waals surface area (Å²) in [7, 11) is 1.26. The van der Waals surface area contributed by atoms with Crippen LogP contribution in [0.25, 0.3) is 0 Å². The lowest BCUT2D eigenvalue weighted by molar-refractivity contribution is -0.300. The normalized spacial score (nSPS) is 21.1. The number of aliphatic hydroxyl groups is 1. The molecule has 0 aliphatic carbocycles. The van der Waals surface area contributed by atoms with Crippen molar-refractivity contribution in [1.29, 1.82) is 0 Å². The smallest absolute Gasteiger partial charge is 0.412 e. The lowest BCUT2D eigenvalue weighted by atomic mass is 9.96. The van der Waals surface area contributed by atoms with Crippen LogP contribution in [0, 0.1) is 11.8 Å². The second-order valence-corrected chi connectivity index (χ2v) is 11.9. The molecule has 278 valence electrons. The molecule has 14 heteroatoms. The van der Waals surface area contributed by atoms with E-state index in [9.17, 15) is 29.1 Å². The first-order chi connectivity index (χ1) is 24.1. The van der Waals surface area contributed by atoms with Gasteiger partial charge in [0, 0.05) is 38.7 Å². The fourth-order valence-electron chi connectivity index (χ4n) is 5.20. The summed E-state index contributed by atoms with van der Waals surface area (Å²) in [5.41, 5.74) is 0.394. The van der Waals surface area contributed by atoms with Gasteiger partial charge in [-0.15, -0.1) is 13.2 Å². The molecule has 14 nitrogen and oxygen atoms in total. The standard InChI is InChI=1S/C36H53N3O11/c1-6-10-19-37-28(41)21-24(15-8-3)33(43)48-31-30(50-36(45)39-26-17-13-12-14-18-26)27(23-40)47-35(46-5)32(31)49-34(44)25(16-9-4)22-29(42)38-20-11-7-2/h8-9,12-14,17-18,24-25,27,30-32,35,40H,3-4,6-7,10-11,15-16,19-23H2,1-2,5H3,(H,37,41)(H,38,42)(H,39,45)/t24-,25+,27-,30-,31+,32+,35+/m1/s1. The molecule has 1 saturated heterocycles. The van der Waals surface area contributed by atoms with Crippen molar-refractivity contribution < 1.29 is 52.8 Å².